The summed E-state index contributed by atoms with van der Waals surface area (Å²) in [5, 5.41) is 6.74. The summed E-state index contributed by atoms with van der Waals surface area (Å²) in [7, 11) is 0. The molecular formula is C24H32N4O3. The summed E-state index contributed by atoms with van der Waals surface area (Å²) in [5.41, 5.74) is 3.76. The Morgan fingerprint density at radius 1 is 0.935 bits per heavy atom. The average Bonchev–Trinajstić information content (AvgIpc) is 3.27. The van der Waals surface area contributed by atoms with Crippen LogP contribution in [0.2, 0.25) is 0 Å². The van der Waals surface area contributed by atoms with Crippen LogP contribution in [0.5, 0.6) is 11.5 Å². The smallest absolute Gasteiger partial charge is 0.231 e. The fourth-order valence-corrected chi connectivity index (χ4v) is 3.70. The van der Waals surface area contributed by atoms with Gasteiger partial charge >= 0.3 is 0 Å². The molecule has 31 heavy (non-hydrogen) atoms. The second-order valence-electron chi connectivity index (χ2n) is 7.76. The Kier molecular flexibility index (Phi) is 7.63. The molecule has 2 aromatic rings. The van der Waals surface area contributed by atoms with Crippen LogP contribution in [0.1, 0.15) is 23.6 Å². The first-order chi connectivity index (χ1) is 15.3. The third-order valence-electron chi connectivity index (χ3n) is 5.44. The van der Waals surface area contributed by atoms with Crippen molar-refractivity contribution in [1.82, 2.24) is 15.5 Å². The second kappa shape index (κ2) is 11.0. The van der Waals surface area contributed by atoms with E-state index in [9.17, 15) is 0 Å². The van der Waals surface area contributed by atoms with E-state index in [0.29, 0.717) is 13.3 Å². The van der Waals surface area contributed by atoms with Gasteiger partial charge in [-0.25, -0.2) is 4.99 Å². The molecule has 0 atom stereocenters. The summed E-state index contributed by atoms with van der Waals surface area (Å²) in [6, 6.07) is 14.9. The number of benzene rings is 2. The molecule has 0 bridgehead atoms. The van der Waals surface area contributed by atoms with Crippen LogP contribution >= 0.6 is 0 Å². The molecule has 166 valence electrons. The van der Waals surface area contributed by atoms with E-state index in [1.165, 1.54) is 16.7 Å². The van der Waals surface area contributed by atoms with Gasteiger partial charge in [-0.2, -0.15) is 0 Å². The SMILES string of the molecule is CCNC(=NCc1ccc(CN2CCOCC2)cc1)NCCc1ccc2c(c1)OCO2. The second-order valence-corrected chi connectivity index (χ2v) is 7.76. The Morgan fingerprint density at radius 3 is 2.48 bits per heavy atom. The monoisotopic (exact) mass is 424 g/mol. The van der Waals surface area contributed by atoms with Crippen LogP contribution in [0.4, 0.5) is 0 Å². The number of nitrogens with one attached hydrogen (secondary N) is 2. The van der Waals surface area contributed by atoms with Gasteiger partial charge in [0.15, 0.2) is 17.5 Å². The van der Waals surface area contributed by atoms with Crippen molar-refractivity contribution in [3.8, 4) is 11.5 Å². The van der Waals surface area contributed by atoms with E-state index in [-0.39, 0.29) is 0 Å². The molecule has 0 unspecified atom stereocenters. The van der Waals surface area contributed by atoms with Crippen LogP contribution in [0, 0.1) is 0 Å². The molecule has 0 amide bonds. The number of fused-ring (bicyclic) bond motifs is 1. The topological polar surface area (TPSA) is 67.4 Å². The molecule has 7 heteroatoms. The number of hydrogen-bond acceptors (Lipinski definition) is 5. The number of ether oxygens (including phenoxy) is 3. The standard InChI is InChI=1S/C24H32N4O3/c1-2-25-24(26-10-9-19-7-8-22-23(15-19)31-18-30-22)27-16-20-3-5-21(6-4-20)17-28-11-13-29-14-12-28/h3-8,15H,2,9-14,16-18H2,1H3,(H2,25,26,27). The van der Waals surface area contributed by atoms with Crippen molar-refractivity contribution in [3.05, 3.63) is 59.2 Å². The van der Waals surface area contributed by atoms with Crippen molar-refractivity contribution < 1.29 is 14.2 Å². The molecule has 2 aliphatic rings. The van der Waals surface area contributed by atoms with Crippen LogP contribution < -0.4 is 20.1 Å². The lowest BCUT2D eigenvalue weighted by Gasteiger charge is -2.26. The summed E-state index contributed by atoms with van der Waals surface area (Å²) >= 11 is 0. The van der Waals surface area contributed by atoms with Gasteiger partial charge in [-0.15, -0.1) is 0 Å². The van der Waals surface area contributed by atoms with Gasteiger partial charge in [0, 0.05) is 32.7 Å². The van der Waals surface area contributed by atoms with Gasteiger partial charge in [-0.1, -0.05) is 30.3 Å². The maximum Gasteiger partial charge on any atom is 0.231 e. The highest BCUT2D eigenvalue weighted by Crippen LogP contribution is 2.32. The molecular weight excluding hydrogens is 392 g/mol. The molecule has 2 aliphatic heterocycles. The highest BCUT2D eigenvalue weighted by atomic mass is 16.7. The highest BCUT2D eigenvalue weighted by Gasteiger charge is 2.13. The first-order valence-corrected chi connectivity index (χ1v) is 11.1. The van der Waals surface area contributed by atoms with Gasteiger partial charge in [0.1, 0.15) is 0 Å². The van der Waals surface area contributed by atoms with Gasteiger partial charge in [0.05, 0.1) is 19.8 Å². The number of morpholine rings is 1. The maximum atomic E-state index is 5.46. The van der Waals surface area contributed by atoms with E-state index >= 15 is 0 Å². The van der Waals surface area contributed by atoms with Crippen molar-refractivity contribution in [2.75, 3.05) is 46.2 Å². The lowest BCUT2D eigenvalue weighted by molar-refractivity contribution is 0.0342. The quantitative estimate of drug-likeness (QED) is 0.502. The number of nitrogens with zero attached hydrogens (tertiary/aromatic N) is 2. The van der Waals surface area contributed by atoms with Crippen LogP contribution in [0.25, 0.3) is 0 Å². The minimum absolute atomic E-state index is 0.308. The van der Waals surface area contributed by atoms with E-state index in [2.05, 4.69) is 52.8 Å². The zero-order valence-electron chi connectivity index (χ0n) is 18.2. The minimum atomic E-state index is 0.308. The summed E-state index contributed by atoms with van der Waals surface area (Å²) in [4.78, 5) is 7.18. The van der Waals surface area contributed by atoms with E-state index < -0.39 is 0 Å². The van der Waals surface area contributed by atoms with Crippen LogP contribution in [0.15, 0.2) is 47.5 Å². The third kappa shape index (κ3) is 6.35. The fourth-order valence-electron chi connectivity index (χ4n) is 3.70. The molecule has 2 heterocycles. The highest BCUT2D eigenvalue weighted by molar-refractivity contribution is 5.79. The molecule has 4 rings (SSSR count). The predicted molar refractivity (Wildman–Crippen MR) is 122 cm³/mol. The Bertz CT molecular complexity index is 864. The summed E-state index contributed by atoms with van der Waals surface area (Å²) < 4.78 is 16.3. The van der Waals surface area contributed by atoms with Crippen LogP contribution in [0.3, 0.4) is 0 Å². The number of rotatable bonds is 8. The van der Waals surface area contributed by atoms with Crippen LogP contribution in [-0.4, -0.2) is 57.0 Å². The predicted octanol–water partition coefficient (Wildman–Crippen LogP) is 2.55. The largest absolute Gasteiger partial charge is 0.454 e. The van der Waals surface area contributed by atoms with E-state index in [4.69, 9.17) is 19.2 Å². The average molecular weight is 425 g/mol. The zero-order valence-corrected chi connectivity index (χ0v) is 18.2. The lowest BCUT2D eigenvalue weighted by atomic mass is 10.1. The van der Waals surface area contributed by atoms with Crippen molar-refractivity contribution in [1.29, 1.82) is 0 Å². The molecule has 0 aromatic heterocycles. The summed E-state index contributed by atoms with van der Waals surface area (Å²) in [5.74, 6) is 2.48. The van der Waals surface area contributed by atoms with Crippen molar-refractivity contribution in [2.24, 2.45) is 4.99 Å². The molecule has 0 saturated carbocycles. The maximum absolute atomic E-state index is 5.46. The van der Waals surface area contributed by atoms with Gasteiger partial charge in [-0.3, -0.25) is 4.90 Å². The fraction of sp³-hybridized carbons (Fsp3) is 0.458. The minimum Gasteiger partial charge on any atom is -0.454 e. The number of hydrogen-bond donors (Lipinski definition) is 2. The Morgan fingerprint density at radius 2 is 1.68 bits per heavy atom. The summed E-state index contributed by atoms with van der Waals surface area (Å²) in [6.45, 7) is 9.33. The molecule has 1 fully saturated rings. The Balaban J connectivity index is 1.26. The zero-order chi connectivity index (χ0) is 21.3. The van der Waals surface area contributed by atoms with Crippen molar-refractivity contribution >= 4 is 5.96 Å². The van der Waals surface area contributed by atoms with Gasteiger partial charge in [-0.05, 0) is 42.2 Å². The number of guanidine groups is 1. The normalized spacial score (nSPS) is 16.4. The van der Waals surface area contributed by atoms with E-state index in [1.54, 1.807) is 0 Å². The molecule has 0 aliphatic carbocycles. The molecule has 7 nitrogen and oxygen atoms in total. The molecule has 1 saturated heterocycles. The first-order valence-electron chi connectivity index (χ1n) is 11.1. The van der Waals surface area contributed by atoms with Crippen molar-refractivity contribution in [2.45, 2.75) is 26.4 Å². The summed E-state index contributed by atoms with van der Waals surface area (Å²) in [6.07, 6.45) is 0.886. The van der Waals surface area contributed by atoms with Crippen LogP contribution in [-0.2, 0) is 24.2 Å². The Labute approximate surface area is 184 Å². The van der Waals surface area contributed by atoms with E-state index in [1.807, 2.05) is 12.1 Å². The molecule has 2 N–H and O–H groups in total. The van der Waals surface area contributed by atoms with Gasteiger partial charge in [0.25, 0.3) is 0 Å². The van der Waals surface area contributed by atoms with E-state index in [0.717, 1.165) is 69.8 Å². The molecule has 0 spiro atoms. The van der Waals surface area contributed by atoms with Crippen molar-refractivity contribution in [3.63, 3.8) is 0 Å². The third-order valence-corrected chi connectivity index (χ3v) is 5.44. The number of aliphatic imine (C=N–C) groups is 1. The molecule has 0 radical (unpaired) electrons. The first kappa shape index (κ1) is 21.5. The lowest BCUT2D eigenvalue weighted by Crippen LogP contribution is -2.38. The van der Waals surface area contributed by atoms with Gasteiger partial charge < -0.3 is 24.8 Å². The Hall–Kier alpha value is -2.77. The van der Waals surface area contributed by atoms with Gasteiger partial charge in [0.2, 0.25) is 6.79 Å². The molecule has 2 aromatic carbocycles.